The SMILES string of the molecule is Cc1cc2ncn(CC(N)=NO)c2cc1C. The van der Waals surface area contributed by atoms with Crippen LogP contribution < -0.4 is 5.73 Å². The first kappa shape index (κ1) is 10.5. The minimum Gasteiger partial charge on any atom is -0.409 e. The molecule has 1 aromatic carbocycles. The zero-order chi connectivity index (χ0) is 11.7. The van der Waals surface area contributed by atoms with Gasteiger partial charge in [-0.05, 0) is 37.1 Å². The van der Waals surface area contributed by atoms with Crippen LogP contribution in [0.2, 0.25) is 0 Å². The molecule has 0 radical (unpaired) electrons. The highest BCUT2D eigenvalue weighted by Gasteiger charge is 2.05. The van der Waals surface area contributed by atoms with E-state index in [4.69, 9.17) is 10.9 Å². The number of nitrogens with two attached hydrogens (primary N) is 1. The maximum atomic E-state index is 8.53. The van der Waals surface area contributed by atoms with Crippen LogP contribution in [0.15, 0.2) is 23.6 Å². The molecule has 2 aromatic rings. The molecular formula is C11H14N4O. The van der Waals surface area contributed by atoms with Gasteiger partial charge in [-0.1, -0.05) is 5.16 Å². The van der Waals surface area contributed by atoms with Crippen molar-refractivity contribution in [3.8, 4) is 0 Å². The summed E-state index contributed by atoms with van der Waals surface area (Å²) in [4.78, 5) is 4.28. The van der Waals surface area contributed by atoms with E-state index in [0.717, 1.165) is 11.0 Å². The van der Waals surface area contributed by atoms with Crippen LogP contribution in [-0.4, -0.2) is 20.6 Å². The van der Waals surface area contributed by atoms with E-state index in [1.807, 2.05) is 10.6 Å². The summed E-state index contributed by atoms with van der Waals surface area (Å²) < 4.78 is 1.86. The molecule has 0 aliphatic rings. The van der Waals surface area contributed by atoms with Gasteiger partial charge in [0.05, 0.1) is 23.9 Å². The normalized spacial score (nSPS) is 12.2. The molecule has 0 saturated heterocycles. The van der Waals surface area contributed by atoms with Crippen LogP contribution in [-0.2, 0) is 6.54 Å². The van der Waals surface area contributed by atoms with Crippen molar-refractivity contribution >= 4 is 16.9 Å². The number of aryl methyl sites for hydroxylation is 2. The zero-order valence-electron chi connectivity index (χ0n) is 9.31. The average molecular weight is 218 g/mol. The number of oxime groups is 1. The first-order valence-electron chi connectivity index (χ1n) is 5.00. The lowest BCUT2D eigenvalue weighted by Crippen LogP contribution is -2.18. The third-order valence-corrected chi connectivity index (χ3v) is 2.70. The smallest absolute Gasteiger partial charge is 0.159 e. The predicted molar refractivity (Wildman–Crippen MR) is 62.6 cm³/mol. The topological polar surface area (TPSA) is 76.4 Å². The van der Waals surface area contributed by atoms with Gasteiger partial charge in [0, 0.05) is 0 Å². The van der Waals surface area contributed by atoms with E-state index in [1.54, 1.807) is 6.33 Å². The number of benzene rings is 1. The second kappa shape index (κ2) is 3.84. The number of hydrogen-bond donors (Lipinski definition) is 2. The Kier molecular flexibility index (Phi) is 2.52. The summed E-state index contributed by atoms with van der Waals surface area (Å²) in [6.07, 6.45) is 1.70. The van der Waals surface area contributed by atoms with Crippen molar-refractivity contribution in [1.82, 2.24) is 9.55 Å². The fraction of sp³-hybridized carbons (Fsp3) is 0.273. The van der Waals surface area contributed by atoms with E-state index in [2.05, 4.69) is 30.1 Å². The van der Waals surface area contributed by atoms with Crippen LogP contribution in [0.5, 0.6) is 0 Å². The molecule has 0 unspecified atom stereocenters. The second-order valence-electron chi connectivity index (χ2n) is 3.89. The average Bonchev–Trinajstić information content (AvgIpc) is 2.62. The van der Waals surface area contributed by atoms with E-state index in [1.165, 1.54) is 11.1 Å². The van der Waals surface area contributed by atoms with Gasteiger partial charge in [0.25, 0.3) is 0 Å². The molecule has 0 fully saturated rings. The maximum Gasteiger partial charge on any atom is 0.159 e. The van der Waals surface area contributed by atoms with Crippen LogP contribution >= 0.6 is 0 Å². The van der Waals surface area contributed by atoms with Crippen molar-refractivity contribution in [2.45, 2.75) is 20.4 Å². The molecule has 1 heterocycles. The van der Waals surface area contributed by atoms with E-state index in [0.29, 0.717) is 6.54 Å². The Labute approximate surface area is 93.2 Å². The number of hydrogen-bond acceptors (Lipinski definition) is 3. The Bertz CT molecular complexity index is 556. The quantitative estimate of drug-likeness (QED) is 0.346. The Morgan fingerprint density at radius 2 is 2.12 bits per heavy atom. The first-order chi connectivity index (χ1) is 7.61. The number of rotatable bonds is 2. The molecule has 16 heavy (non-hydrogen) atoms. The number of fused-ring (bicyclic) bond motifs is 1. The third kappa shape index (κ3) is 1.71. The first-order valence-corrected chi connectivity index (χ1v) is 5.00. The third-order valence-electron chi connectivity index (χ3n) is 2.70. The molecule has 5 heteroatoms. The van der Waals surface area contributed by atoms with Gasteiger partial charge in [0.15, 0.2) is 5.84 Å². The summed E-state index contributed by atoms with van der Waals surface area (Å²) in [5.74, 6) is 0.164. The molecule has 2 rings (SSSR count). The van der Waals surface area contributed by atoms with Gasteiger partial charge in [0.1, 0.15) is 0 Å². The van der Waals surface area contributed by atoms with Crippen LogP contribution in [0.1, 0.15) is 11.1 Å². The minimum atomic E-state index is 0.164. The van der Waals surface area contributed by atoms with Crippen molar-refractivity contribution in [3.63, 3.8) is 0 Å². The van der Waals surface area contributed by atoms with Crippen LogP contribution in [0.4, 0.5) is 0 Å². The van der Waals surface area contributed by atoms with E-state index >= 15 is 0 Å². The van der Waals surface area contributed by atoms with Gasteiger partial charge in [0.2, 0.25) is 0 Å². The standard InChI is InChI=1S/C11H14N4O/c1-7-3-9-10(4-8(7)2)15(6-13-9)5-11(12)14-16/h3-4,6,16H,5H2,1-2H3,(H2,12,14). The van der Waals surface area contributed by atoms with Gasteiger partial charge in [-0.2, -0.15) is 0 Å². The fourth-order valence-corrected chi connectivity index (χ4v) is 1.65. The van der Waals surface area contributed by atoms with E-state index in [9.17, 15) is 0 Å². The molecule has 1 aromatic heterocycles. The summed E-state index contributed by atoms with van der Waals surface area (Å²) in [6, 6.07) is 4.09. The summed E-state index contributed by atoms with van der Waals surface area (Å²) in [5.41, 5.74) is 9.81. The Morgan fingerprint density at radius 1 is 1.44 bits per heavy atom. The minimum absolute atomic E-state index is 0.164. The number of amidine groups is 1. The summed E-state index contributed by atoms with van der Waals surface area (Å²) in [5, 5.41) is 11.5. The highest BCUT2D eigenvalue weighted by atomic mass is 16.4. The van der Waals surface area contributed by atoms with Gasteiger partial charge in [-0.25, -0.2) is 4.98 Å². The van der Waals surface area contributed by atoms with E-state index < -0.39 is 0 Å². The molecule has 0 aliphatic heterocycles. The molecule has 0 bridgehead atoms. The summed E-state index contributed by atoms with van der Waals surface area (Å²) in [6.45, 7) is 4.45. The summed E-state index contributed by atoms with van der Waals surface area (Å²) >= 11 is 0. The Morgan fingerprint density at radius 3 is 2.81 bits per heavy atom. The highest BCUT2D eigenvalue weighted by Crippen LogP contribution is 2.18. The van der Waals surface area contributed by atoms with Gasteiger partial charge >= 0.3 is 0 Å². The lowest BCUT2D eigenvalue weighted by molar-refractivity contribution is 0.316. The van der Waals surface area contributed by atoms with Crippen molar-refractivity contribution in [1.29, 1.82) is 0 Å². The Balaban J connectivity index is 2.52. The van der Waals surface area contributed by atoms with Crippen molar-refractivity contribution in [2.75, 3.05) is 0 Å². The van der Waals surface area contributed by atoms with Crippen molar-refractivity contribution in [2.24, 2.45) is 10.9 Å². The molecule has 5 nitrogen and oxygen atoms in total. The lowest BCUT2D eigenvalue weighted by Gasteiger charge is -2.04. The fourth-order valence-electron chi connectivity index (χ4n) is 1.65. The monoisotopic (exact) mass is 218 g/mol. The van der Waals surface area contributed by atoms with E-state index in [-0.39, 0.29) is 5.84 Å². The molecule has 3 N–H and O–H groups in total. The van der Waals surface area contributed by atoms with Crippen LogP contribution in [0.3, 0.4) is 0 Å². The van der Waals surface area contributed by atoms with Crippen molar-refractivity contribution < 1.29 is 5.21 Å². The van der Waals surface area contributed by atoms with Gasteiger partial charge < -0.3 is 15.5 Å². The van der Waals surface area contributed by atoms with Crippen LogP contribution in [0, 0.1) is 13.8 Å². The van der Waals surface area contributed by atoms with Gasteiger partial charge in [-0.15, -0.1) is 0 Å². The molecule has 0 atom stereocenters. The van der Waals surface area contributed by atoms with Crippen LogP contribution in [0.25, 0.3) is 11.0 Å². The zero-order valence-corrected chi connectivity index (χ0v) is 9.31. The second-order valence-corrected chi connectivity index (χ2v) is 3.89. The molecule has 0 aliphatic carbocycles. The number of nitrogens with zero attached hydrogens (tertiary/aromatic N) is 3. The molecule has 0 spiro atoms. The number of aromatic nitrogens is 2. The van der Waals surface area contributed by atoms with Gasteiger partial charge in [-0.3, -0.25) is 0 Å². The number of imidazole rings is 1. The van der Waals surface area contributed by atoms with Crippen molar-refractivity contribution in [3.05, 3.63) is 29.6 Å². The highest BCUT2D eigenvalue weighted by molar-refractivity contribution is 5.83. The molecular weight excluding hydrogens is 204 g/mol. The largest absolute Gasteiger partial charge is 0.409 e. The molecule has 0 saturated carbocycles. The maximum absolute atomic E-state index is 8.53. The molecule has 84 valence electrons. The lowest BCUT2D eigenvalue weighted by atomic mass is 10.1. The summed E-state index contributed by atoms with van der Waals surface area (Å²) in [7, 11) is 0. The Hall–Kier alpha value is -2.04. The predicted octanol–water partition coefficient (Wildman–Crippen LogP) is 1.40. The molecule has 0 amide bonds.